The van der Waals surface area contributed by atoms with Crippen LogP contribution in [0, 0.1) is 33.7 Å². The number of hydrogen-bond acceptors (Lipinski definition) is 3. The van der Waals surface area contributed by atoms with E-state index in [4.69, 9.17) is 14.1 Å². The van der Waals surface area contributed by atoms with Crippen molar-refractivity contribution in [1.82, 2.24) is 14.5 Å². The monoisotopic (exact) mass is 900 g/mol. The van der Waals surface area contributed by atoms with Crippen molar-refractivity contribution in [3.05, 3.63) is 167 Å². The molecular weight excluding hydrogens is 854 g/mol. The van der Waals surface area contributed by atoms with Crippen molar-refractivity contribution in [3.63, 3.8) is 0 Å². The van der Waals surface area contributed by atoms with Gasteiger partial charge in [-0.15, -0.1) is 29.3 Å². The Hall–Kier alpha value is -5.57. The Morgan fingerprint density at radius 2 is 1.38 bits per heavy atom. The van der Waals surface area contributed by atoms with Crippen molar-refractivity contribution in [3.8, 4) is 67.5 Å². The third-order valence-electron chi connectivity index (χ3n) is 10.1. The van der Waals surface area contributed by atoms with Crippen LogP contribution in [0.1, 0.15) is 52.7 Å². The second-order valence-electron chi connectivity index (χ2n) is 15.3. The molecule has 0 amide bonds. The van der Waals surface area contributed by atoms with Crippen LogP contribution < -0.4 is 0 Å². The van der Waals surface area contributed by atoms with E-state index in [1.165, 1.54) is 5.56 Å². The molecule has 8 rings (SSSR count). The zero-order valence-corrected chi connectivity index (χ0v) is 34.1. The number of phenols is 1. The maximum absolute atomic E-state index is 11.7. The first-order valence-electron chi connectivity index (χ1n) is 19.8. The van der Waals surface area contributed by atoms with E-state index in [0.29, 0.717) is 11.4 Å². The van der Waals surface area contributed by atoms with Gasteiger partial charge < -0.3 is 5.11 Å². The van der Waals surface area contributed by atoms with Crippen LogP contribution in [0.3, 0.4) is 0 Å². The van der Waals surface area contributed by atoms with Crippen LogP contribution in [-0.2, 0) is 26.5 Å². The minimum Gasteiger partial charge on any atom is -0.507 e. The van der Waals surface area contributed by atoms with E-state index in [2.05, 4.69) is 86.9 Å². The number of aromatic hydroxyl groups is 1. The number of hydrogen-bond donors (Lipinski definition) is 1. The van der Waals surface area contributed by atoms with Gasteiger partial charge in [0.1, 0.15) is 11.6 Å². The molecule has 0 unspecified atom stereocenters. The van der Waals surface area contributed by atoms with Gasteiger partial charge in [-0.2, -0.15) is 0 Å². The smallest absolute Gasteiger partial charge is 0.148 e. The van der Waals surface area contributed by atoms with Gasteiger partial charge in [-0.1, -0.05) is 128 Å². The van der Waals surface area contributed by atoms with Gasteiger partial charge >= 0.3 is 0 Å². The Kier molecular flexibility index (Phi) is 9.22. The maximum atomic E-state index is 11.7. The predicted octanol–water partition coefficient (Wildman–Crippen LogP) is 12.8. The summed E-state index contributed by atoms with van der Waals surface area (Å²) in [6.45, 7) is 10.3. The summed E-state index contributed by atoms with van der Waals surface area (Å²) >= 11 is 0. The number of phenolic OH excluding ortho intramolecular Hbond substituents is 1. The standard InChI is InChI=1S/C50H44N3O.Pt/c1-31-16-19-35(20-17-31)37-22-23-51-44(30-37)39-27-38(28-40(29-39)50(5,6)7)41-14-11-15-46-47(41)52-49(43-26-33(3)24-34(4)48(43)54)53(46)45-21-18-32(2)25-42(45)36-12-9-8-10-13-36;/h8-26,28-30,54H,1-7H3;/q-1;/i2D3;. The van der Waals surface area contributed by atoms with Gasteiger partial charge in [0, 0.05) is 42.6 Å². The third kappa shape index (κ3) is 7.32. The van der Waals surface area contributed by atoms with Crippen LogP contribution in [0.2, 0.25) is 0 Å². The fourth-order valence-corrected chi connectivity index (χ4v) is 7.24. The van der Waals surface area contributed by atoms with Crippen molar-refractivity contribution in [2.24, 2.45) is 0 Å². The van der Waals surface area contributed by atoms with Gasteiger partial charge in [0.15, 0.2) is 0 Å². The molecule has 0 aliphatic heterocycles. The van der Waals surface area contributed by atoms with Crippen molar-refractivity contribution in [2.75, 3.05) is 0 Å². The van der Waals surface area contributed by atoms with E-state index in [0.717, 1.165) is 78.0 Å². The first kappa shape index (κ1) is 34.0. The molecule has 0 aliphatic rings. The number of nitrogens with zero attached hydrogens (tertiary/aromatic N) is 3. The van der Waals surface area contributed by atoms with Crippen molar-refractivity contribution in [2.45, 2.75) is 53.8 Å². The summed E-state index contributed by atoms with van der Waals surface area (Å²) in [5.41, 5.74) is 14.2. The number of para-hydroxylation sites is 1. The summed E-state index contributed by atoms with van der Waals surface area (Å²) in [5.74, 6) is 0.683. The van der Waals surface area contributed by atoms with Crippen LogP contribution in [0.5, 0.6) is 5.75 Å². The Labute approximate surface area is 343 Å². The van der Waals surface area contributed by atoms with E-state index >= 15 is 0 Å². The van der Waals surface area contributed by atoms with Crippen LogP contribution >= 0.6 is 0 Å². The molecule has 5 heteroatoms. The Balaban J connectivity index is 0.00000512. The van der Waals surface area contributed by atoms with Crippen LogP contribution in [0.25, 0.3) is 72.7 Å². The summed E-state index contributed by atoms with van der Waals surface area (Å²) < 4.78 is 26.8. The fourth-order valence-electron chi connectivity index (χ4n) is 7.24. The second kappa shape index (κ2) is 14.9. The van der Waals surface area contributed by atoms with Crippen LogP contribution in [0.15, 0.2) is 134 Å². The molecule has 0 saturated heterocycles. The zero-order chi connectivity index (χ0) is 40.2. The molecular formula is C50H44N3OPt-. The number of benzene rings is 6. The van der Waals surface area contributed by atoms with Crippen molar-refractivity contribution in [1.29, 1.82) is 0 Å². The first-order chi connectivity index (χ1) is 27.2. The largest absolute Gasteiger partial charge is 0.507 e. The fraction of sp³-hybridized carbons (Fsp3) is 0.160. The Morgan fingerprint density at radius 3 is 2.13 bits per heavy atom. The quantitative estimate of drug-likeness (QED) is 0.169. The molecule has 6 aromatic carbocycles. The van der Waals surface area contributed by atoms with E-state index in [-0.39, 0.29) is 37.8 Å². The van der Waals surface area contributed by atoms with E-state index in [9.17, 15) is 5.11 Å². The number of fused-ring (bicyclic) bond motifs is 1. The summed E-state index contributed by atoms with van der Waals surface area (Å²) in [7, 11) is 0. The summed E-state index contributed by atoms with van der Waals surface area (Å²) in [6, 6.07) is 45.9. The first-order valence-corrected chi connectivity index (χ1v) is 18.3. The molecule has 0 bridgehead atoms. The van der Waals surface area contributed by atoms with Crippen LogP contribution in [0.4, 0.5) is 0 Å². The number of imidazole rings is 1. The SMILES string of the molecule is [2H]C([2H])([2H])c1ccc(-n2c(-c3cc(C)cc(C)c3O)nc3c(-c4[c-]c(-c5cc(-c6ccc(C)cc6)ccn5)cc(C(C)(C)C)c4)cccc32)c(-c2ccccc2)c1.[Pt]. The molecule has 2 aromatic heterocycles. The van der Waals surface area contributed by atoms with Gasteiger partial charge in [-0.05, 0) is 91.2 Å². The number of rotatable bonds is 6. The molecule has 2 heterocycles. The average molecular weight is 901 g/mol. The molecule has 0 radical (unpaired) electrons. The van der Waals surface area contributed by atoms with Crippen molar-refractivity contribution >= 4 is 11.0 Å². The summed E-state index contributed by atoms with van der Waals surface area (Å²) in [5, 5.41) is 11.7. The van der Waals surface area contributed by atoms with E-state index in [1.807, 2.05) is 86.8 Å². The molecule has 0 saturated carbocycles. The zero-order valence-electron chi connectivity index (χ0n) is 34.8. The molecule has 0 atom stereocenters. The molecule has 55 heavy (non-hydrogen) atoms. The summed E-state index contributed by atoms with van der Waals surface area (Å²) in [6.07, 6.45) is 1.86. The van der Waals surface area contributed by atoms with E-state index in [1.54, 1.807) is 12.1 Å². The topological polar surface area (TPSA) is 50.9 Å². The molecule has 1 N–H and O–H groups in total. The number of aromatic nitrogens is 3. The number of aryl methyl sites for hydroxylation is 4. The Bertz CT molecular complexity index is 2800. The predicted molar refractivity (Wildman–Crippen MR) is 224 cm³/mol. The molecule has 4 nitrogen and oxygen atoms in total. The molecule has 8 aromatic rings. The average Bonchev–Trinajstić information content (AvgIpc) is 3.58. The number of pyridine rings is 1. The van der Waals surface area contributed by atoms with Gasteiger partial charge in [-0.25, -0.2) is 4.98 Å². The van der Waals surface area contributed by atoms with Crippen molar-refractivity contribution < 1.29 is 30.3 Å². The maximum Gasteiger partial charge on any atom is 0.148 e. The summed E-state index contributed by atoms with van der Waals surface area (Å²) in [4.78, 5) is 10.2. The molecule has 0 fully saturated rings. The molecule has 0 aliphatic carbocycles. The van der Waals surface area contributed by atoms with Gasteiger partial charge in [0.25, 0.3) is 0 Å². The third-order valence-corrected chi connectivity index (χ3v) is 10.1. The minimum atomic E-state index is -2.30. The Morgan fingerprint density at radius 1 is 0.655 bits per heavy atom. The van der Waals surface area contributed by atoms with Crippen LogP contribution in [-0.4, -0.2) is 19.6 Å². The molecule has 0 spiro atoms. The van der Waals surface area contributed by atoms with Gasteiger partial charge in [-0.3, -0.25) is 9.55 Å². The second-order valence-corrected chi connectivity index (χ2v) is 15.3. The van der Waals surface area contributed by atoms with E-state index < -0.39 is 6.85 Å². The molecule has 276 valence electrons. The van der Waals surface area contributed by atoms with Gasteiger partial charge in [0.05, 0.1) is 22.3 Å². The van der Waals surface area contributed by atoms with Gasteiger partial charge in [0.2, 0.25) is 0 Å². The normalized spacial score (nSPS) is 12.5. The minimum absolute atomic E-state index is 0.